The van der Waals surface area contributed by atoms with Gasteiger partial charge in [0.05, 0.1) is 0 Å². The molecular formula is C10H23NO. The van der Waals surface area contributed by atoms with Gasteiger partial charge in [0.1, 0.15) is 0 Å². The maximum atomic E-state index is 5.00. The molecule has 74 valence electrons. The van der Waals surface area contributed by atoms with E-state index < -0.39 is 0 Å². The predicted molar refractivity (Wildman–Crippen MR) is 53.5 cm³/mol. The molecule has 0 unspecified atom stereocenters. The molecular weight excluding hydrogens is 150 g/mol. The molecule has 0 spiro atoms. The molecule has 0 aromatic rings. The summed E-state index contributed by atoms with van der Waals surface area (Å²) in [6.45, 7) is 9.02. The highest BCUT2D eigenvalue weighted by Crippen LogP contribution is 1.96. The fraction of sp³-hybridized carbons (Fsp3) is 1.00. The van der Waals surface area contributed by atoms with Crippen LogP contribution in [0.3, 0.4) is 0 Å². The van der Waals surface area contributed by atoms with Crippen molar-refractivity contribution in [2.45, 2.75) is 33.1 Å². The van der Waals surface area contributed by atoms with Crippen molar-refractivity contribution in [2.24, 2.45) is 0 Å². The van der Waals surface area contributed by atoms with Crippen LogP contribution in [0.2, 0.25) is 0 Å². The second kappa shape index (κ2) is 9.01. The van der Waals surface area contributed by atoms with Crippen LogP contribution in [0, 0.1) is 0 Å². The molecule has 0 aliphatic rings. The fourth-order valence-electron chi connectivity index (χ4n) is 1.33. The van der Waals surface area contributed by atoms with Crippen molar-refractivity contribution in [3.05, 3.63) is 0 Å². The quantitative estimate of drug-likeness (QED) is 0.521. The molecule has 0 aromatic carbocycles. The Labute approximate surface area is 76.9 Å². The molecule has 0 aromatic heterocycles. The van der Waals surface area contributed by atoms with Crippen molar-refractivity contribution in [1.82, 2.24) is 4.90 Å². The van der Waals surface area contributed by atoms with Crippen LogP contribution in [0.5, 0.6) is 0 Å². The topological polar surface area (TPSA) is 12.5 Å². The number of hydrogen-bond donors (Lipinski definition) is 0. The minimum absolute atomic E-state index is 0.906. The maximum Gasteiger partial charge on any atom is 0.0462 e. The normalized spacial score (nSPS) is 11.0. The van der Waals surface area contributed by atoms with Gasteiger partial charge in [-0.1, -0.05) is 13.8 Å². The molecule has 0 radical (unpaired) electrons. The molecule has 0 aliphatic carbocycles. The van der Waals surface area contributed by atoms with Gasteiger partial charge in [-0.3, -0.25) is 0 Å². The van der Waals surface area contributed by atoms with Crippen LogP contribution in [0.4, 0.5) is 0 Å². The Hall–Kier alpha value is -0.0800. The SMILES string of the molecule is CCCN(CC)CCCCOC. The number of nitrogens with zero attached hydrogens (tertiary/aromatic N) is 1. The molecule has 2 nitrogen and oxygen atoms in total. The van der Waals surface area contributed by atoms with Gasteiger partial charge in [-0.05, 0) is 38.9 Å². The van der Waals surface area contributed by atoms with Gasteiger partial charge in [-0.25, -0.2) is 0 Å². The lowest BCUT2D eigenvalue weighted by Crippen LogP contribution is -2.25. The number of unbranched alkanes of at least 4 members (excludes halogenated alkanes) is 1. The number of methoxy groups -OCH3 is 1. The van der Waals surface area contributed by atoms with E-state index in [1.807, 2.05) is 0 Å². The third-order valence-electron chi connectivity index (χ3n) is 2.06. The van der Waals surface area contributed by atoms with Gasteiger partial charge in [-0.15, -0.1) is 0 Å². The summed E-state index contributed by atoms with van der Waals surface area (Å²) in [7, 11) is 1.77. The predicted octanol–water partition coefficient (Wildman–Crippen LogP) is 2.14. The number of hydrogen-bond acceptors (Lipinski definition) is 2. The lowest BCUT2D eigenvalue weighted by molar-refractivity contribution is 0.184. The second-order valence-corrected chi connectivity index (χ2v) is 3.13. The van der Waals surface area contributed by atoms with Crippen LogP contribution in [0.1, 0.15) is 33.1 Å². The summed E-state index contributed by atoms with van der Waals surface area (Å²) in [6, 6.07) is 0. The Morgan fingerprint density at radius 2 is 1.83 bits per heavy atom. The Morgan fingerprint density at radius 3 is 2.33 bits per heavy atom. The zero-order valence-electron chi connectivity index (χ0n) is 8.81. The first-order chi connectivity index (χ1) is 5.85. The van der Waals surface area contributed by atoms with Crippen LogP contribution < -0.4 is 0 Å². The van der Waals surface area contributed by atoms with Crippen LogP contribution in [0.15, 0.2) is 0 Å². The maximum absolute atomic E-state index is 5.00. The molecule has 0 saturated heterocycles. The summed E-state index contributed by atoms with van der Waals surface area (Å²) >= 11 is 0. The first-order valence-corrected chi connectivity index (χ1v) is 5.06. The van der Waals surface area contributed by atoms with Gasteiger partial charge in [-0.2, -0.15) is 0 Å². The van der Waals surface area contributed by atoms with Crippen molar-refractivity contribution in [2.75, 3.05) is 33.4 Å². The smallest absolute Gasteiger partial charge is 0.0462 e. The highest BCUT2D eigenvalue weighted by molar-refractivity contribution is 4.53. The van der Waals surface area contributed by atoms with Crippen molar-refractivity contribution >= 4 is 0 Å². The summed E-state index contributed by atoms with van der Waals surface area (Å²) in [5.74, 6) is 0. The van der Waals surface area contributed by atoms with Gasteiger partial charge >= 0.3 is 0 Å². The molecule has 0 bridgehead atoms. The Balaban J connectivity index is 3.19. The van der Waals surface area contributed by atoms with E-state index in [2.05, 4.69) is 18.7 Å². The zero-order chi connectivity index (χ0) is 9.23. The Bertz CT molecular complexity index is 85.9. The van der Waals surface area contributed by atoms with Crippen LogP contribution >= 0.6 is 0 Å². The highest BCUT2D eigenvalue weighted by atomic mass is 16.5. The van der Waals surface area contributed by atoms with E-state index in [9.17, 15) is 0 Å². The third-order valence-corrected chi connectivity index (χ3v) is 2.06. The number of rotatable bonds is 8. The minimum atomic E-state index is 0.906. The first-order valence-electron chi connectivity index (χ1n) is 5.06. The van der Waals surface area contributed by atoms with Crippen molar-refractivity contribution in [3.63, 3.8) is 0 Å². The van der Waals surface area contributed by atoms with Gasteiger partial charge in [0.15, 0.2) is 0 Å². The van der Waals surface area contributed by atoms with Gasteiger partial charge in [0.2, 0.25) is 0 Å². The summed E-state index contributed by atoms with van der Waals surface area (Å²) in [5, 5.41) is 0. The molecule has 12 heavy (non-hydrogen) atoms. The molecule has 0 fully saturated rings. The highest BCUT2D eigenvalue weighted by Gasteiger charge is 1.98. The monoisotopic (exact) mass is 173 g/mol. The fourth-order valence-corrected chi connectivity index (χ4v) is 1.33. The number of ether oxygens (including phenoxy) is 1. The van der Waals surface area contributed by atoms with E-state index in [-0.39, 0.29) is 0 Å². The van der Waals surface area contributed by atoms with Gasteiger partial charge in [0, 0.05) is 13.7 Å². The second-order valence-electron chi connectivity index (χ2n) is 3.13. The van der Waals surface area contributed by atoms with E-state index in [0.29, 0.717) is 0 Å². The molecule has 0 aliphatic heterocycles. The molecule has 0 amide bonds. The summed E-state index contributed by atoms with van der Waals surface area (Å²) in [5.41, 5.74) is 0. The van der Waals surface area contributed by atoms with Crippen LogP contribution in [-0.4, -0.2) is 38.3 Å². The van der Waals surface area contributed by atoms with E-state index in [0.717, 1.165) is 6.61 Å². The molecule has 0 N–H and O–H groups in total. The average molecular weight is 173 g/mol. The molecule has 0 rings (SSSR count). The summed E-state index contributed by atoms with van der Waals surface area (Å²) in [4.78, 5) is 2.50. The van der Waals surface area contributed by atoms with Crippen molar-refractivity contribution in [1.29, 1.82) is 0 Å². The van der Waals surface area contributed by atoms with E-state index in [1.165, 1.54) is 38.9 Å². The van der Waals surface area contributed by atoms with Crippen LogP contribution in [-0.2, 0) is 4.74 Å². The lowest BCUT2D eigenvalue weighted by atomic mass is 10.3. The van der Waals surface area contributed by atoms with E-state index >= 15 is 0 Å². The molecule has 0 saturated carbocycles. The Morgan fingerprint density at radius 1 is 1.08 bits per heavy atom. The van der Waals surface area contributed by atoms with E-state index in [4.69, 9.17) is 4.74 Å². The van der Waals surface area contributed by atoms with Gasteiger partial charge < -0.3 is 9.64 Å². The standard InChI is InChI=1S/C10H23NO/c1-4-8-11(5-2)9-6-7-10-12-3/h4-10H2,1-3H3. The van der Waals surface area contributed by atoms with Crippen LogP contribution in [0.25, 0.3) is 0 Å². The molecule has 0 atom stereocenters. The minimum Gasteiger partial charge on any atom is -0.385 e. The molecule has 0 heterocycles. The molecule has 2 heteroatoms. The van der Waals surface area contributed by atoms with Gasteiger partial charge in [0.25, 0.3) is 0 Å². The average Bonchev–Trinajstić information content (AvgIpc) is 2.10. The summed E-state index contributed by atoms with van der Waals surface area (Å²) in [6.07, 6.45) is 3.72. The zero-order valence-corrected chi connectivity index (χ0v) is 8.81. The Kier molecular flexibility index (Phi) is 8.95. The lowest BCUT2D eigenvalue weighted by Gasteiger charge is -2.18. The van der Waals surface area contributed by atoms with E-state index in [1.54, 1.807) is 7.11 Å². The third kappa shape index (κ3) is 6.62. The summed E-state index contributed by atoms with van der Waals surface area (Å²) < 4.78 is 5.00. The van der Waals surface area contributed by atoms with Crippen molar-refractivity contribution in [3.8, 4) is 0 Å². The van der Waals surface area contributed by atoms with Crippen molar-refractivity contribution < 1.29 is 4.74 Å². The first kappa shape index (κ1) is 11.9. The largest absolute Gasteiger partial charge is 0.385 e.